The van der Waals surface area contributed by atoms with E-state index in [4.69, 9.17) is 14.7 Å². The van der Waals surface area contributed by atoms with Crippen LogP contribution in [0.4, 0.5) is 0 Å². The molecule has 1 aromatic carbocycles. The lowest BCUT2D eigenvalue weighted by Crippen LogP contribution is -2.30. The summed E-state index contributed by atoms with van der Waals surface area (Å²) in [4.78, 5) is 12.1. The van der Waals surface area contributed by atoms with E-state index in [2.05, 4.69) is 6.07 Å². The number of nitrogens with zero attached hydrogens (tertiary/aromatic N) is 2. The van der Waals surface area contributed by atoms with E-state index in [0.717, 1.165) is 10.9 Å². The minimum absolute atomic E-state index is 0.114. The molecule has 0 aliphatic rings. The molecule has 0 radical (unpaired) electrons. The number of hydrogen-bond acceptors (Lipinski definition) is 4. The van der Waals surface area contributed by atoms with Gasteiger partial charge < -0.3 is 14.0 Å². The highest BCUT2D eigenvalue weighted by Gasteiger charge is 2.12. The lowest BCUT2D eigenvalue weighted by atomic mass is 10.1. The number of aromatic nitrogens is 1. The van der Waals surface area contributed by atoms with Crippen molar-refractivity contribution in [3.8, 4) is 6.07 Å². The number of nitriles is 1. The number of ether oxygens (including phenoxy) is 2. The fourth-order valence-corrected chi connectivity index (χ4v) is 2.24. The van der Waals surface area contributed by atoms with Gasteiger partial charge >= 0.3 is 0 Å². The van der Waals surface area contributed by atoms with Crippen molar-refractivity contribution in [2.75, 3.05) is 13.2 Å². The lowest BCUT2D eigenvalue weighted by molar-refractivity contribution is -0.143. The Morgan fingerprint density at radius 2 is 1.90 bits per heavy atom. The highest BCUT2D eigenvalue weighted by molar-refractivity contribution is 5.80. The standard InChI is InChI=1S/C16H18N2O3/c1-3-20-16(21-4-2)11-18-14-7-5-12(10-17)9-13(14)6-8-15(18)19/h5-9,16H,3-4,11H2,1-2H3. The summed E-state index contributed by atoms with van der Waals surface area (Å²) in [5, 5.41) is 9.80. The summed E-state index contributed by atoms with van der Waals surface area (Å²) in [7, 11) is 0. The van der Waals surface area contributed by atoms with Crippen molar-refractivity contribution in [3.05, 3.63) is 46.2 Å². The number of pyridine rings is 1. The fraction of sp³-hybridized carbons (Fsp3) is 0.375. The van der Waals surface area contributed by atoms with E-state index in [1.807, 2.05) is 13.8 Å². The molecule has 0 saturated heterocycles. The molecule has 0 saturated carbocycles. The van der Waals surface area contributed by atoms with E-state index >= 15 is 0 Å². The van der Waals surface area contributed by atoms with Crippen LogP contribution >= 0.6 is 0 Å². The van der Waals surface area contributed by atoms with Crippen molar-refractivity contribution < 1.29 is 9.47 Å². The van der Waals surface area contributed by atoms with Crippen molar-refractivity contribution >= 4 is 10.9 Å². The van der Waals surface area contributed by atoms with Crippen LogP contribution in [0.15, 0.2) is 35.1 Å². The van der Waals surface area contributed by atoms with Gasteiger partial charge in [0.25, 0.3) is 5.56 Å². The zero-order chi connectivity index (χ0) is 15.2. The SMILES string of the molecule is CCOC(Cn1c(=O)ccc2cc(C#N)ccc21)OCC. The van der Waals surface area contributed by atoms with Crippen molar-refractivity contribution in [2.24, 2.45) is 0 Å². The quantitative estimate of drug-likeness (QED) is 0.764. The van der Waals surface area contributed by atoms with Gasteiger partial charge in [0.2, 0.25) is 0 Å². The van der Waals surface area contributed by atoms with Gasteiger partial charge in [0.15, 0.2) is 6.29 Å². The Bertz CT molecular complexity index is 710. The van der Waals surface area contributed by atoms with Crippen molar-refractivity contribution in [1.82, 2.24) is 4.57 Å². The van der Waals surface area contributed by atoms with Gasteiger partial charge in [-0.05, 0) is 43.5 Å². The molecular formula is C16H18N2O3. The number of hydrogen-bond donors (Lipinski definition) is 0. The molecule has 2 aromatic rings. The highest BCUT2D eigenvalue weighted by atomic mass is 16.7. The maximum absolute atomic E-state index is 12.1. The largest absolute Gasteiger partial charge is 0.351 e. The summed E-state index contributed by atoms with van der Waals surface area (Å²) in [5.41, 5.74) is 1.22. The van der Waals surface area contributed by atoms with Crippen LogP contribution in [0.2, 0.25) is 0 Å². The summed E-state index contributed by atoms with van der Waals surface area (Å²) >= 11 is 0. The molecule has 110 valence electrons. The average Bonchev–Trinajstić information content (AvgIpc) is 2.50. The Balaban J connectivity index is 2.44. The van der Waals surface area contributed by atoms with Crippen LogP contribution in [-0.4, -0.2) is 24.1 Å². The first-order valence-electron chi connectivity index (χ1n) is 6.96. The monoisotopic (exact) mass is 286 g/mol. The molecule has 0 spiro atoms. The summed E-state index contributed by atoms with van der Waals surface area (Å²) < 4.78 is 12.6. The predicted molar refractivity (Wildman–Crippen MR) is 80.0 cm³/mol. The summed E-state index contributed by atoms with van der Waals surface area (Å²) in [6.07, 6.45) is -0.459. The molecule has 21 heavy (non-hydrogen) atoms. The maximum atomic E-state index is 12.1. The Morgan fingerprint density at radius 3 is 2.52 bits per heavy atom. The molecule has 0 fully saturated rings. The Kier molecular flexibility index (Phi) is 5.09. The van der Waals surface area contributed by atoms with Crippen LogP contribution in [0.5, 0.6) is 0 Å². The van der Waals surface area contributed by atoms with Gasteiger partial charge in [0.1, 0.15) is 0 Å². The second-order valence-corrected chi connectivity index (χ2v) is 4.51. The van der Waals surface area contributed by atoms with Crippen LogP contribution in [0, 0.1) is 11.3 Å². The van der Waals surface area contributed by atoms with Crippen LogP contribution in [0.25, 0.3) is 10.9 Å². The molecule has 0 amide bonds. The number of benzene rings is 1. The summed E-state index contributed by atoms with van der Waals surface area (Å²) in [5.74, 6) is 0. The molecule has 0 bridgehead atoms. The van der Waals surface area contributed by atoms with Gasteiger partial charge in [0.05, 0.1) is 23.7 Å². The molecule has 1 heterocycles. The number of fused-ring (bicyclic) bond motifs is 1. The van der Waals surface area contributed by atoms with Gasteiger partial charge in [0, 0.05) is 19.3 Å². The van der Waals surface area contributed by atoms with E-state index in [0.29, 0.717) is 25.3 Å². The van der Waals surface area contributed by atoms with E-state index in [9.17, 15) is 4.79 Å². The third-order valence-electron chi connectivity index (χ3n) is 3.16. The van der Waals surface area contributed by atoms with Crippen molar-refractivity contribution in [1.29, 1.82) is 5.26 Å². The van der Waals surface area contributed by atoms with E-state index in [-0.39, 0.29) is 5.56 Å². The molecule has 1 aromatic heterocycles. The lowest BCUT2D eigenvalue weighted by Gasteiger charge is -2.19. The van der Waals surface area contributed by atoms with Gasteiger partial charge in [-0.25, -0.2) is 0 Å². The second kappa shape index (κ2) is 7.02. The molecular weight excluding hydrogens is 268 g/mol. The minimum Gasteiger partial charge on any atom is -0.351 e. The van der Waals surface area contributed by atoms with Gasteiger partial charge in [-0.15, -0.1) is 0 Å². The van der Waals surface area contributed by atoms with E-state index in [1.165, 1.54) is 6.07 Å². The van der Waals surface area contributed by atoms with Crippen LogP contribution in [-0.2, 0) is 16.0 Å². The average molecular weight is 286 g/mol. The molecule has 0 unspecified atom stereocenters. The van der Waals surface area contributed by atoms with Crippen LogP contribution < -0.4 is 5.56 Å². The fourth-order valence-electron chi connectivity index (χ4n) is 2.24. The van der Waals surface area contributed by atoms with Gasteiger partial charge in [-0.1, -0.05) is 0 Å². The Hall–Kier alpha value is -2.16. The first-order chi connectivity index (χ1) is 10.2. The Morgan fingerprint density at radius 1 is 1.19 bits per heavy atom. The first kappa shape index (κ1) is 15.2. The zero-order valence-electron chi connectivity index (χ0n) is 12.2. The molecule has 0 aliphatic heterocycles. The smallest absolute Gasteiger partial charge is 0.251 e. The predicted octanol–water partition coefficient (Wildman–Crippen LogP) is 2.27. The van der Waals surface area contributed by atoms with Crippen LogP contribution in [0.3, 0.4) is 0 Å². The molecule has 5 nitrogen and oxygen atoms in total. The van der Waals surface area contributed by atoms with Crippen LogP contribution in [0.1, 0.15) is 19.4 Å². The first-order valence-corrected chi connectivity index (χ1v) is 6.96. The molecule has 2 rings (SSSR count). The van der Waals surface area contributed by atoms with E-state index in [1.54, 1.807) is 28.8 Å². The van der Waals surface area contributed by atoms with E-state index < -0.39 is 6.29 Å². The summed E-state index contributed by atoms with van der Waals surface area (Å²) in [6, 6.07) is 10.6. The third kappa shape index (κ3) is 3.48. The molecule has 5 heteroatoms. The molecule has 0 N–H and O–H groups in total. The number of rotatable bonds is 6. The zero-order valence-corrected chi connectivity index (χ0v) is 12.2. The normalized spacial score (nSPS) is 11.0. The molecule has 0 aliphatic carbocycles. The topological polar surface area (TPSA) is 64.2 Å². The second-order valence-electron chi connectivity index (χ2n) is 4.51. The van der Waals surface area contributed by atoms with Gasteiger partial charge in [-0.2, -0.15) is 5.26 Å². The van der Waals surface area contributed by atoms with Crippen molar-refractivity contribution in [3.63, 3.8) is 0 Å². The van der Waals surface area contributed by atoms with Gasteiger partial charge in [-0.3, -0.25) is 4.79 Å². The minimum atomic E-state index is -0.459. The van der Waals surface area contributed by atoms with Crippen molar-refractivity contribution in [2.45, 2.75) is 26.7 Å². The highest BCUT2D eigenvalue weighted by Crippen LogP contribution is 2.15. The maximum Gasteiger partial charge on any atom is 0.251 e. The third-order valence-corrected chi connectivity index (χ3v) is 3.16. The Labute approximate surface area is 123 Å². The molecule has 0 atom stereocenters. The summed E-state index contributed by atoms with van der Waals surface area (Å²) in [6.45, 7) is 5.13.